The first-order valence-electron chi connectivity index (χ1n) is 6.21. The highest BCUT2D eigenvalue weighted by molar-refractivity contribution is 5.27. The summed E-state index contributed by atoms with van der Waals surface area (Å²) < 4.78 is 0. The molecule has 2 bridgehead atoms. The molecule has 84 valence electrons. The monoisotopic (exact) mass is 206 g/mol. The van der Waals surface area contributed by atoms with Crippen molar-refractivity contribution in [2.45, 2.75) is 45.4 Å². The minimum Gasteiger partial charge on any atom is -0.387 e. The zero-order valence-electron chi connectivity index (χ0n) is 9.97. The van der Waals surface area contributed by atoms with Gasteiger partial charge < -0.3 is 10.2 Å². The summed E-state index contributed by atoms with van der Waals surface area (Å²) in [6.45, 7) is 3.38. The predicted octanol–water partition coefficient (Wildman–Crippen LogP) is 2.99. The van der Waals surface area contributed by atoms with Crippen LogP contribution in [0.25, 0.3) is 0 Å². The number of rotatable bonds is 4. The van der Waals surface area contributed by atoms with Crippen LogP contribution in [0.3, 0.4) is 0 Å². The second-order valence-electron chi connectivity index (χ2n) is 4.50. The third-order valence-corrected chi connectivity index (χ3v) is 3.45. The highest BCUT2D eigenvalue weighted by atomic mass is 15.2. The second-order valence-corrected chi connectivity index (χ2v) is 4.50. The number of allylic oxidation sites excluding steroid dienone is 4. The summed E-state index contributed by atoms with van der Waals surface area (Å²) in [5.41, 5.74) is 4.56. The maximum Gasteiger partial charge on any atom is 0.0368 e. The van der Waals surface area contributed by atoms with Crippen LogP contribution in [0.5, 0.6) is 0 Å². The lowest BCUT2D eigenvalue weighted by atomic mass is 10.1. The van der Waals surface area contributed by atoms with E-state index in [1.54, 1.807) is 0 Å². The van der Waals surface area contributed by atoms with Crippen LogP contribution in [-0.2, 0) is 0 Å². The fraction of sp³-hybridized carbons (Fsp3) is 0.692. The smallest absolute Gasteiger partial charge is 0.0368 e. The van der Waals surface area contributed by atoms with Gasteiger partial charge in [-0.25, -0.2) is 0 Å². The fourth-order valence-corrected chi connectivity index (χ4v) is 2.48. The Hall–Kier alpha value is -0.920. The van der Waals surface area contributed by atoms with Gasteiger partial charge in [-0.2, -0.15) is 0 Å². The Morgan fingerprint density at radius 1 is 1.33 bits per heavy atom. The molecule has 2 heterocycles. The van der Waals surface area contributed by atoms with Crippen molar-refractivity contribution in [3.63, 3.8) is 0 Å². The van der Waals surface area contributed by atoms with E-state index in [4.69, 9.17) is 0 Å². The van der Waals surface area contributed by atoms with Gasteiger partial charge in [-0.3, -0.25) is 0 Å². The van der Waals surface area contributed by atoms with Gasteiger partial charge in [-0.15, -0.1) is 0 Å². The van der Waals surface area contributed by atoms with Crippen molar-refractivity contribution in [2.24, 2.45) is 0 Å². The van der Waals surface area contributed by atoms with Crippen molar-refractivity contribution in [3.8, 4) is 0 Å². The van der Waals surface area contributed by atoms with Crippen LogP contribution in [-0.4, -0.2) is 18.5 Å². The third-order valence-electron chi connectivity index (χ3n) is 3.45. The van der Waals surface area contributed by atoms with E-state index in [0.717, 1.165) is 6.54 Å². The standard InChI is InChI=1S/C13H22N2/c1-3-4-10-14-12-7-5-6-11-8-9-13(12)15(11)2/h6,14H,3-5,7-10H2,1-2H3. The molecule has 2 rings (SSSR count). The highest BCUT2D eigenvalue weighted by Crippen LogP contribution is 2.34. The van der Waals surface area contributed by atoms with E-state index in [1.165, 1.54) is 55.6 Å². The maximum absolute atomic E-state index is 3.63. The molecule has 2 nitrogen and oxygen atoms in total. The van der Waals surface area contributed by atoms with Gasteiger partial charge in [0.25, 0.3) is 0 Å². The molecule has 2 heteroatoms. The van der Waals surface area contributed by atoms with Gasteiger partial charge in [0.05, 0.1) is 0 Å². The van der Waals surface area contributed by atoms with Crippen LogP contribution in [0.15, 0.2) is 23.2 Å². The Labute approximate surface area is 93.0 Å². The van der Waals surface area contributed by atoms with Crippen molar-refractivity contribution in [1.82, 2.24) is 10.2 Å². The lowest BCUT2D eigenvalue weighted by molar-refractivity contribution is 0.542. The van der Waals surface area contributed by atoms with Crippen LogP contribution in [0.2, 0.25) is 0 Å². The summed E-state index contributed by atoms with van der Waals surface area (Å²) >= 11 is 0. The average molecular weight is 206 g/mol. The molecule has 1 N–H and O–H groups in total. The van der Waals surface area contributed by atoms with Gasteiger partial charge in [0.1, 0.15) is 0 Å². The van der Waals surface area contributed by atoms with Crippen LogP contribution >= 0.6 is 0 Å². The van der Waals surface area contributed by atoms with Gasteiger partial charge >= 0.3 is 0 Å². The first kappa shape index (κ1) is 10.6. The van der Waals surface area contributed by atoms with E-state index in [1.807, 2.05) is 0 Å². The van der Waals surface area contributed by atoms with Crippen LogP contribution < -0.4 is 5.32 Å². The number of hydrogen-bond donors (Lipinski definition) is 1. The number of hydrogen-bond acceptors (Lipinski definition) is 2. The SMILES string of the molecule is CCCCNC1=C2CCC(=CCC1)N2C. The van der Waals surface area contributed by atoms with Gasteiger partial charge in [-0.1, -0.05) is 19.4 Å². The van der Waals surface area contributed by atoms with E-state index in [-0.39, 0.29) is 0 Å². The van der Waals surface area contributed by atoms with Gasteiger partial charge in [0.2, 0.25) is 0 Å². The van der Waals surface area contributed by atoms with Crippen molar-refractivity contribution in [1.29, 1.82) is 0 Å². The van der Waals surface area contributed by atoms with Crippen LogP contribution in [0.1, 0.15) is 45.4 Å². The molecule has 1 fully saturated rings. The minimum atomic E-state index is 1.14. The van der Waals surface area contributed by atoms with E-state index in [0.29, 0.717) is 0 Å². The molecule has 0 aromatic rings. The van der Waals surface area contributed by atoms with Gasteiger partial charge in [0.15, 0.2) is 0 Å². The molecule has 2 aliphatic rings. The van der Waals surface area contributed by atoms with E-state index in [9.17, 15) is 0 Å². The molecule has 0 spiro atoms. The normalized spacial score (nSPS) is 20.4. The molecule has 0 aromatic carbocycles. The highest BCUT2D eigenvalue weighted by Gasteiger charge is 2.23. The molecule has 15 heavy (non-hydrogen) atoms. The number of nitrogens with zero attached hydrogens (tertiary/aromatic N) is 1. The van der Waals surface area contributed by atoms with Crippen molar-refractivity contribution in [3.05, 3.63) is 23.2 Å². The van der Waals surface area contributed by atoms with Crippen LogP contribution in [0.4, 0.5) is 0 Å². The molecule has 0 radical (unpaired) electrons. The van der Waals surface area contributed by atoms with Crippen molar-refractivity contribution in [2.75, 3.05) is 13.6 Å². The Balaban J connectivity index is 2.04. The average Bonchev–Trinajstić information content (AvgIpc) is 2.48. The predicted molar refractivity (Wildman–Crippen MR) is 64.3 cm³/mol. The summed E-state index contributed by atoms with van der Waals surface area (Å²) in [5, 5.41) is 3.63. The first-order valence-corrected chi connectivity index (χ1v) is 6.21. The number of unbranched alkanes of at least 4 members (excludes halogenated alkanes) is 1. The van der Waals surface area contributed by atoms with Crippen molar-refractivity contribution < 1.29 is 0 Å². The van der Waals surface area contributed by atoms with Gasteiger partial charge in [0, 0.05) is 30.7 Å². The Kier molecular flexibility index (Phi) is 3.34. The summed E-state index contributed by atoms with van der Waals surface area (Å²) in [7, 11) is 2.21. The quantitative estimate of drug-likeness (QED) is 0.711. The molecule has 0 amide bonds. The third kappa shape index (κ3) is 2.19. The molecule has 0 atom stereocenters. The second kappa shape index (κ2) is 4.73. The van der Waals surface area contributed by atoms with Crippen molar-refractivity contribution >= 4 is 0 Å². The summed E-state index contributed by atoms with van der Waals surface area (Å²) in [6, 6.07) is 0. The molecule has 0 aliphatic carbocycles. The topological polar surface area (TPSA) is 15.3 Å². The maximum atomic E-state index is 3.63. The van der Waals surface area contributed by atoms with E-state index >= 15 is 0 Å². The molecular formula is C13H22N2. The lowest BCUT2D eigenvalue weighted by Gasteiger charge is -2.18. The molecule has 0 saturated carbocycles. The molecular weight excluding hydrogens is 184 g/mol. The zero-order chi connectivity index (χ0) is 10.7. The lowest BCUT2D eigenvalue weighted by Crippen LogP contribution is -2.20. The molecule has 0 aromatic heterocycles. The summed E-state index contributed by atoms with van der Waals surface area (Å²) in [5.74, 6) is 0. The Bertz CT molecular complexity index is 289. The summed E-state index contributed by atoms with van der Waals surface area (Å²) in [4.78, 5) is 2.39. The Morgan fingerprint density at radius 3 is 3.00 bits per heavy atom. The Morgan fingerprint density at radius 2 is 2.20 bits per heavy atom. The molecule has 2 aliphatic heterocycles. The minimum absolute atomic E-state index is 1.14. The largest absolute Gasteiger partial charge is 0.387 e. The van der Waals surface area contributed by atoms with E-state index in [2.05, 4.69) is 30.3 Å². The first-order chi connectivity index (χ1) is 7.33. The fourth-order valence-electron chi connectivity index (χ4n) is 2.48. The van der Waals surface area contributed by atoms with E-state index < -0.39 is 0 Å². The molecule has 1 saturated heterocycles. The number of nitrogens with one attached hydrogen (secondary N) is 1. The number of fused-ring (bicyclic) bond motifs is 2. The van der Waals surface area contributed by atoms with Gasteiger partial charge in [-0.05, 0) is 32.1 Å². The van der Waals surface area contributed by atoms with Crippen LogP contribution in [0, 0.1) is 0 Å². The zero-order valence-corrected chi connectivity index (χ0v) is 9.97. The summed E-state index contributed by atoms with van der Waals surface area (Å²) in [6.07, 6.45) is 9.84. The molecule has 0 unspecified atom stereocenters.